The van der Waals surface area contributed by atoms with E-state index < -0.39 is 0 Å². The second kappa shape index (κ2) is 6.21. The molecule has 0 saturated heterocycles. The lowest BCUT2D eigenvalue weighted by atomic mass is 9.75. The van der Waals surface area contributed by atoms with Crippen LogP contribution in [0.5, 0.6) is 5.75 Å². The normalized spacial score (nSPS) is 22.3. The molecule has 1 aliphatic heterocycles. The van der Waals surface area contributed by atoms with Crippen molar-refractivity contribution in [1.29, 1.82) is 0 Å². The molecule has 2 heteroatoms. The van der Waals surface area contributed by atoms with Crippen LogP contribution in [0.1, 0.15) is 48.9 Å². The average Bonchev–Trinajstić information content (AvgIpc) is 3.22. The van der Waals surface area contributed by atoms with E-state index in [4.69, 9.17) is 4.74 Å². The van der Waals surface area contributed by atoms with E-state index in [1.165, 1.54) is 39.0 Å². The standard InChI is InChI=1S/C28H23BrO/c1-16-19(12-13-26-27(16)22-6-4-5-7-25(22)30-26)17-8-10-20-21-11-9-18(29)15-24(21)28(2,3)23(20)14-17/h4-16,27H,1-3H3. The Kier molecular flexibility index (Phi) is 3.77. The van der Waals surface area contributed by atoms with Gasteiger partial charge in [-0.3, -0.25) is 0 Å². The van der Waals surface area contributed by atoms with Crippen LogP contribution in [0.4, 0.5) is 0 Å². The molecule has 0 saturated carbocycles. The van der Waals surface area contributed by atoms with Crippen LogP contribution in [-0.4, -0.2) is 0 Å². The van der Waals surface area contributed by atoms with Gasteiger partial charge in [0.25, 0.3) is 0 Å². The lowest BCUT2D eigenvalue weighted by molar-refractivity contribution is 0.407. The van der Waals surface area contributed by atoms with Crippen molar-refractivity contribution < 1.29 is 4.74 Å². The summed E-state index contributed by atoms with van der Waals surface area (Å²) < 4.78 is 7.28. The average molecular weight is 455 g/mol. The van der Waals surface area contributed by atoms with Gasteiger partial charge < -0.3 is 4.74 Å². The van der Waals surface area contributed by atoms with Crippen molar-refractivity contribution in [3.8, 4) is 16.9 Å². The molecule has 1 heterocycles. The molecule has 0 spiro atoms. The van der Waals surface area contributed by atoms with Gasteiger partial charge in [-0.2, -0.15) is 0 Å². The summed E-state index contributed by atoms with van der Waals surface area (Å²) in [6.45, 7) is 7.01. The number of halogens is 1. The zero-order valence-corrected chi connectivity index (χ0v) is 19.0. The Labute approximate surface area is 186 Å². The van der Waals surface area contributed by atoms with Gasteiger partial charge >= 0.3 is 0 Å². The quantitative estimate of drug-likeness (QED) is 0.363. The summed E-state index contributed by atoms with van der Waals surface area (Å²) >= 11 is 3.66. The Balaban J connectivity index is 1.44. The molecule has 3 aromatic carbocycles. The van der Waals surface area contributed by atoms with Crippen LogP contribution in [0.2, 0.25) is 0 Å². The van der Waals surface area contributed by atoms with E-state index in [2.05, 4.69) is 103 Å². The smallest absolute Gasteiger partial charge is 0.130 e. The van der Waals surface area contributed by atoms with Crippen LogP contribution < -0.4 is 4.74 Å². The summed E-state index contributed by atoms with van der Waals surface area (Å²) in [6.07, 6.45) is 4.43. The lowest BCUT2D eigenvalue weighted by Gasteiger charge is -2.28. The van der Waals surface area contributed by atoms with E-state index in [0.717, 1.165) is 16.0 Å². The summed E-state index contributed by atoms with van der Waals surface area (Å²) in [7, 11) is 0. The summed E-state index contributed by atoms with van der Waals surface area (Å²) in [6, 6.07) is 22.2. The van der Waals surface area contributed by atoms with Crippen LogP contribution in [0.15, 0.2) is 83.0 Å². The summed E-state index contributed by atoms with van der Waals surface area (Å²) in [5.74, 6) is 2.75. The van der Waals surface area contributed by atoms with Crippen LogP contribution in [0, 0.1) is 5.92 Å². The van der Waals surface area contributed by atoms with E-state index in [1.807, 2.05) is 6.07 Å². The maximum absolute atomic E-state index is 6.14. The molecule has 0 radical (unpaired) electrons. The highest BCUT2D eigenvalue weighted by Crippen LogP contribution is 2.53. The molecule has 0 bridgehead atoms. The first-order valence-electron chi connectivity index (χ1n) is 10.6. The number of fused-ring (bicyclic) bond motifs is 6. The zero-order chi connectivity index (χ0) is 20.6. The molecule has 0 fully saturated rings. The van der Waals surface area contributed by atoms with Crippen molar-refractivity contribution in [1.82, 2.24) is 0 Å². The molecule has 2 unspecified atom stereocenters. The molecule has 30 heavy (non-hydrogen) atoms. The molecular weight excluding hydrogens is 432 g/mol. The summed E-state index contributed by atoms with van der Waals surface area (Å²) in [5.41, 5.74) is 9.54. The molecule has 0 amide bonds. The van der Waals surface area contributed by atoms with E-state index in [9.17, 15) is 0 Å². The molecule has 2 atom stereocenters. The van der Waals surface area contributed by atoms with E-state index >= 15 is 0 Å². The SMILES string of the molecule is CC1C(c2ccc3c(c2)C(C)(C)c2cc(Br)ccc2-3)=CC=C2Oc3ccccc3C21. The van der Waals surface area contributed by atoms with Gasteiger partial charge in [-0.25, -0.2) is 0 Å². The van der Waals surface area contributed by atoms with Gasteiger partial charge in [0.05, 0.1) is 5.92 Å². The molecule has 148 valence electrons. The molecule has 6 rings (SSSR count). The van der Waals surface area contributed by atoms with Crippen LogP contribution >= 0.6 is 15.9 Å². The Morgan fingerprint density at radius 3 is 2.43 bits per heavy atom. The number of allylic oxidation sites excluding steroid dienone is 4. The fourth-order valence-electron chi connectivity index (χ4n) is 5.58. The Morgan fingerprint density at radius 2 is 1.60 bits per heavy atom. The van der Waals surface area contributed by atoms with Gasteiger partial charge in [-0.05, 0) is 69.6 Å². The number of ether oxygens (including phenoxy) is 1. The highest BCUT2D eigenvalue weighted by atomic mass is 79.9. The van der Waals surface area contributed by atoms with Gasteiger partial charge in [0, 0.05) is 15.5 Å². The monoisotopic (exact) mass is 454 g/mol. The number of benzene rings is 3. The van der Waals surface area contributed by atoms with Crippen LogP contribution in [0.3, 0.4) is 0 Å². The first-order valence-corrected chi connectivity index (χ1v) is 11.4. The van der Waals surface area contributed by atoms with Crippen molar-refractivity contribution in [3.63, 3.8) is 0 Å². The summed E-state index contributed by atoms with van der Waals surface area (Å²) in [4.78, 5) is 0. The lowest BCUT2D eigenvalue weighted by Crippen LogP contribution is -2.17. The number of rotatable bonds is 1. The Hall–Kier alpha value is -2.58. The zero-order valence-electron chi connectivity index (χ0n) is 17.4. The van der Waals surface area contributed by atoms with Crippen molar-refractivity contribution in [2.75, 3.05) is 0 Å². The van der Waals surface area contributed by atoms with Gasteiger partial charge in [-0.1, -0.05) is 79.2 Å². The molecule has 3 aromatic rings. The fourth-order valence-corrected chi connectivity index (χ4v) is 5.94. The topological polar surface area (TPSA) is 9.23 Å². The van der Waals surface area contributed by atoms with E-state index in [-0.39, 0.29) is 5.41 Å². The second-order valence-electron chi connectivity index (χ2n) is 9.17. The molecule has 0 aromatic heterocycles. The largest absolute Gasteiger partial charge is 0.461 e. The number of hydrogen-bond donors (Lipinski definition) is 0. The second-order valence-corrected chi connectivity index (χ2v) is 10.1. The van der Waals surface area contributed by atoms with Crippen molar-refractivity contribution in [2.45, 2.75) is 32.1 Å². The van der Waals surface area contributed by atoms with Crippen LogP contribution in [0.25, 0.3) is 16.7 Å². The Bertz CT molecular complexity index is 1280. The maximum atomic E-state index is 6.14. The number of para-hydroxylation sites is 1. The van der Waals surface area contributed by atoms with Gasteiger partial charge in [0.15, 0.2) is 0 Å². The van der Waals surface area contributed by atoms with Crippen molar-refractivity contribution in [2.24, 2.45) is 5.92 Å². The first kappa shape index (κ1) is 18.2. The number of hydrogen-bond acceptors (Lipinski definition) is 1. The third-order valence-electron chi connectivity index (χ3n) is 7.18. The summed E-state index contributed by atoms with van der Waals surface area (Å²) in [5, 5.41) is 0. The van der Waals surface area contributed by atoms with Crippen LogP contribution in [-0.2, 0) is 5.41 Å². The molecule has 2 aliphatic carbocycles. The minimum absolute atomic E-state index is 0.00695. The van der Waals surface area contributed by atoms with Gasteiger partial charge in [-0.15, -0.1) is 0 Å². The molecule has 0 N–H and O–H groups in total. The highest BCUT2D eigenvalue weighted by molar-refractivity contribution is 9.10. The van der Waals surface area contributed by atoms with E-state index in [1.54, 1.807) is 0 Å². The molecular formula is C28H23BrO. The Morgan fingerprint density at radius 1 is 0.867 bits per heavy atom. The third-order valence-corrected chi connectivity index (χ3v) is 7.67. The minimum Gasteiger partial charge on any atom is -0.461 e. The predicted molar refractivity (Wildman–Crippen MR) is 127 cm³/mol. The highest BCUT2D eigenvalue weighted by Gasteiger charge is 2.39. The van der Waals surface area contributed by atoms with Crippen molar-refractivity contribution in [3.05, 3.63) is 105 Å². The fraction of sp³-hybridized carbons (Fsp3) is 0.214. The predicted octanol–water partition coefficient (Wildman–Crippen LogP) is 7.85. The maximum Gasteiger partial charge on any atom is 0.130 e. The minimum atomic E-state index is -0.00695. The van der Waals surface area contributed by atoms with Gasteiger partial charge in [0.2, 0.25) is 0 Å². The van der Waals surface area contributed by atoms with Gasteiger partial charge in [0.1, 0.15) is 11.5 Å². The molecule has 3 aliphatic rings. The molecule has 1 nitrogen and oxygen atoms in total. The first-order chi connectivity index (χ1) is 14.4. The third kappa shape index (κ3) is 2.40. The van der Waals surface area contributed by atoms with Crippen molar-refractivity contribution >= 4 is 21.5 Å². The van der Waals surface area contributed by atoms with E-state index in [0.29, 0.717) is 11.8 Å².